The molecule has 1 fully saturated rings. The van der Waals surface area contributed by atoms with Crippen LogP contribution in [-0.2, 0) is 29.5 Å². The van der Waals surface area contributed by atoms with Crippen molar-refractivity contribution in [1.82, 2.24) is 5.32 Å². The van der Waals surface area contributed by atoms with Crippen LogP contribution in [0, 0.1) is 11.8 Å². The third-order valence-corrected chi connectivity index (χ3v) is 9.07. The first-order valence-corrected chi connectivity index (χ1v) is 12.1. The first kappa shape index (κ1) is 15.4. The molecule has 0 bridgehead atoms. The maximum absolute atomic E-state index is 7.72. The highest BCUT2D eigenvalue weighted by molar-refractivity contribution is 7.12. The molecule has 1 aromatic rings. The van der Waals surface area contributed by atoms with Crippen LogP contribution in [-0.4, -0.2) is 18.0 Å². The van der Waals surface area contributed by atoms with Gasteiger partial charge in [0.25, 0.3) is 0 Å². The zero-order valence-electron chi connectivity index (χ0n) is 20.4. The van der Waals surface area contributed by atoms with Crippen molar-refractivity contribution in [2.45, 2.75) is 89.9 Å². The SMILES string of the molecule is [2H]C([2H])([2H])C1=N[C@H]2OC3=C([C@H]4Cc5c(sc6c5C(C)(C)CCC6)CN4)CCC[C@H]3C2C=C1. The molecular weight excluding hydrogens is 376 g/mol. The summed E-state index contributed by atoms with van der Waals surface area (Å²) in [5.41, 5.74) is 5.10. The van der Waals surface area contributed by atoms with Crippen molar-refractivity contribution in [1.29, 1.82) is 0 Å². The van der Waals surface area contributed by atoms with Gasteiger partial charge in [0.15, 0.2) is 6.23 Å². The van der Waals surface area contributed by atoms with E-state index in [9.17, 15) is 0 Å². The molecular formula is C25H32N2OS. The van der Waals surface area contributed by atoms with E-state index in [0.29, 0.717) is 12.0 Å². The Hall–Kier alpha value is -1.39. The van der Waals surface area contributed by atoms with Crippen molar-refractivity contribution in [3.63, 3.8) is 0 Å². The maximum atomic E-state index is 7.72. The van der Waals surface area contributed by atoms with Gasteiger partial charge in [0.1, 0.15) is 5.76 Å². The van der Waals surface area contributed by atoms with Crippen LogP contribution in [0.25, 0.3) is 0 Å². The van der Waals surface area contributed by atoms with Gasteiger partial charge in [-0.05, 0) is 80.0 Å². The second-order valence-corrected chi connectivity index (χ2v) is 11.2. The van der Waals surface area contributed by atoms with E-state index in [1.807, 2.05) is 17.4 Å². The summed E-state index contributed by atoms with van der Waals surface area (Å²) >= 11 is 2.04. The molecule has 0 saturated carbocycles. The fourth-order valence-electron chi connectivity index (χ4n) is 6.46. The summed E-state index contributed by atoms with van der Waals surface area (Å²) < 4.78 is 29.6. The van der Waals surface area contributed by atoms with Gasteiger partial charge < -0.3 is 10.1 Å². The van der Waals surface area contributed by atoms with Gasteiger partial charge in [-0.3, -0.25) is 0 Å². The summed E-state index contributed by atoms with van der Waals surface area (Å²) in [6, 6.07) is 0.312. The molecule has 0 amide bonds. The van der Waals surface area contributed by atoms with E-state index in [1.54, 1.807) is 22.1 Å². The lowest BCUT2D eigenvalue weighted by atomic mass is 9.72. The number of hydrogen-bond acceptors (Lipinski definition) is 4. The van der Waals surface area contributed by atoms with Crippen LogP contribution in [0.1, 0.15) is 77.8 Å². The number of rotatable bonds is 1. The van der Waals surface area contributed by atoms with Gasteiger partial charge in [-0.2, -0.15) is 0 Å². The molecule has 5 aliphatic rings. The highest BCUT2D eigenvalue weighted by Gasteiger charge is 2.45. The molecule has 1 unspecified atom stereocenters. The average Bonchev–Trinajstić information content (AvgIpc) is 3.30. The fourth-order valence-corrected chi connectivity index (χ4v) is 7.97. The minimum absolute atomic E-state index is 0.165. The van der Waals surface area contributed by atoms with Crippen LogP contribution >= 0.6 is 11.3 Å². The predicted molar refractivity (Wildman–Crippen MR) is 120 cm³/mol. The van der Waals surface area contributed by atoms with Crippen molar-refractivity contribution < 1.29 is 8.85 Å². The van der Waals surface area contributed by atoms with Gasteiger partial charge in [-0.1, -0.05) is 19.9 Å². The first-order chi connectivity index (χ1) is 15.2. The van der Waals surface area contributed by atoms with Crippen LogP contribution in [0.2, 0.25) is 0 Å². The Morgan fingerprint density at radius 3 is 3.10 bits per heavy atom. The Labute approximate surface area is 182 Å². The summed E-state index contributed by atoms with van der Waals surface area (Å²) in [5, 5.41) is 3.84. The van der Waals surface area contributed by atoms with E-state index >= 15 is 0 Å². The highest BCUT2D eigenvalue weighted by atomic mass is 32.1. The van der Waals surface area contributed by atoms with Crippen LogP contribution in [0.4, 0.5) is 0 Å². The van der Waals surface area contributed by atoms with Crippen LogP contribution < -0.4 is 5.32 Å². The summed E-state index contributed by atoms with van der Waals surface area (Å²) in [6.07, 6.45) is 11.6. The Kier molecular flexibility index (Phi) is 3.48. The lowest BCUT2D eigenvalue weighted by Gasteiger charge is -2.35. The Morgan fingerprint density at radius 1 is 1.28 bits per heavy atom. The minimum atomic E-state index is -2.18. The molecule has 3 nitrogen and oxygen atoms in total. The summed E-state index contributed by atoms with van der Waals surface area (Å²) in [5.74, 6) is 1.60. The number of dihydropyridines is 1. The first-order valence-electron chi connectivity index (χ1n) is 12.8. The average molecular weight is 412 g/mol. The number of fused-ring (bicyclic) bond motifs is 6. The Balaban J connectivity index is 1.33. The zero-order chi connectivity index (χ0) is 22.3. The summed E-state index contributed by atoms with van der Waals surface area (Å²) in [6.45, 7) is 3.61. The number of hydrogen-bond donors (Lipinski definition) is 1. The van der Waals surface area contributed by atoms with E-state index in [2.05, 4.69) is 24.2 Å². The van der Waals surface area contributed by atoms with Crippen molar-refractivity contribution in [2.24, 2.45) is 16.8 Å². The van der Waals surface area contributed by atoms with Gasteiger partial charge in [0.2, 0.25) is 0 Å². The van der Waals surface area contributed by atoms with E-state index in [4.69, 9.17) is 8.85 Å². The Bertz CT molecular complexity index is 1050. The lowest BCUT2D eigenvalue weighted by Crippen LogP contribution is -2.39. The van der Waals surface area contributed by atoms with Gasteiger partial charge in [-0.15, -0.1) is 11.3 Å². The summed E-state index contributed by atoms with van der Waals surface area (Å²) in [7, 11) is 0. The number of nitrogens with one attached hydrogen (secondary N) is 1. The van der Waals surface area contributed by atoms with Gasteiger partial charge in [0.05, 0.1) is 0 Å². The standard InChI is InChI=1S/C25H32N2OS/c1-14-9-10-16-15-6-4-7-17(23(15)28-24(16)27-14)19-12-18-21(13-26-19)29-20-8-5-11-25(2,3)22(18)20/h9-10,15-16,19,24,26H,4-8,11-13H2,1-3H3/t15-,16?,19+,24-/m0/s1/i1D3. The number of allylic oxidation sites excluding steroid dienone is 2. The molecule has 4 atom stereocenters. The second-order valence-electron chi connectivity index (χ2n) is 10.0. The highest BCUT2D eigenvalue weighted by Crippen LogP contribution is 2.49. The van der Waals surface area contributed by atoms with E-state index in [1.165, 1.54) is 29.7 Å². The molecule has 154 valence electrons. The van der Waals surface area contributed by atoms with Crippen molar-refractivity contribution in [2.75, 3.05) is 0 Å². The predicted octanol–water partition coefficient (Wildman–Crippen LogP) is 5.43. The minimum Gasteiger partial charge on any atom is -0.472 e. The number of aliphatic imine (C=N–C) groups is 1. The van der Waals surface area contributed by atoms with Gasteiger partial charge in [0, 0.05) is 44.0 Å². The molecule has 1 saturated heterocycles. The molecule has 4 heteroatoms. The van der Waals surface area contributed by atoms with Crippen molar-refractivity contribution in [3.8, 4) is 0 Å². The summed E-state index contributed by atoms with van der Waals surface area (Å²) in [4.78, 5) is 7.67. The van der Waals surface area contributed by atoms with Gasteiger partial charge >= 0.3 is 0 Å². The molecule has 6 rings (SSSR count). The quantitative estimate of drug-likeness (QED) is 0.668. The van der Waals surface area contributed by atoms with E-state index in [0.717, 1.165) is 38.0 Å². The molecule has 2 aliphatic carbocycles. The molecule has 4 heterocycles. The smallest absolute Gasteiger partial charge is 0.196 e. The van der Waals surface area contributed by atoms with Crippen LogP contribution in [0.5, 0.6) is 0 Å². The van der Waals surface area contributed by atoms with Crippen molar-refractivity contribution >= 4 is 17.0 Å². The van der Waals surface area contributed by atoms with Crippen LogP contribution in [0.3, 0.4) is 0 Å². The fraction of sp³-hybridized carbons (Fsp3) is 0.640. The molecule has 0 aromatic carbocycles. The molecule has 1 aromatic heterocycles. The molecule has 1 N–H and O–H groups in total. The third kappa shape index (κ3) is 2.82. The van der Waals surface area contributed by atoms with Gasteiger partial charge in [-0.25, -0.2) is 4.99 Å². The zero-order valence-corrected chi connectivity index (χ0v) is 18.2. The Morgan fingerprint density at radius 2 is 2.21 bits per heavy atom. The number of aryl methyl sites for hydroxylation is 1. The molecule has 0 spiro atoms. The number of nitrogens with zero attached hydrogens (tertiary/aromatic N) is 1. The molecule has 3 aliphatic heterocycles. The normalized spacial score (nSPS) is 36.6. The third-order valence-electron chi connectivity index (χ3n) is 7.78. The van der Waals surface area contributed by atoms with Crippen molar-refractivity contribution in [3.05, 3.63) is 44.4 Å². The topological polar surface area (TPSA) is 33.6 Å². The number of ether oxygens (including phenoxy) is 1. The maximum Gasteiger partial charge on any atom is 0.196 e. The van der Waals surface area contributed by atoms with Crippen LogP contribution in [0.15, 0.2) is 28.5 Å². The number of thiophene rings is 1. The monoisotopic (exact) mass is 411 g/mol. The lowest BCUT2D eigenvalue weighted by molar-refractivity contribution is 0.146. The largest absolute Gasteiger partial charge is 0.472 e. The second kappa shape index (κ2) is 6.55. The molecule has 29 heavy (non-hydrogen) atoms. The van der Waals surface area contributed by atoms with E-state index < -0.39 is 6.85 Å². The van der Waals surface area contributed by atoms with E-state index in [-0.39, 0.29) is 23.3 Å². The molecule has 0 radical (unpaired) electrons.